The maximum absolute atomic E-state index is 13.4. The average Bonchev–Trinajstić information content (AvgIpc) is 3.02. The molecule has 6 heteroatoms. The highest BCUT2D eigenvalue weighted by molar-refractivity contribution is 9.10. The first-order valence-corrected chi connectivity index (χ1v) is 5.75. The number of carbonyl (C=O) groups is 2. The van der Waals surface area contributed by atoms with Gasteiger partial charge in [0.15, 0.2) is 0 Å². The zero-order valence-corrected chi connectivity index (χ0v) is 10.3. The molecule has 1 aromatic rings. The Morgan fingerprint density at radius 2 is 2.06 bits per heavy atom. The van der Waals surface area contributed by atoms with E-state index in [0.29, 0.717) is 17.3 Å². The molecule has 1 fully saturated rings. The van der Waals surface area contributed by atoms with Gasteiger partial charge in [-0.3, -0.25) is 4.79 Å². The van der Waals surface area contributed by atoms with Crippen molar-refractivity contribution in [2.45, 2.75) is 18.4 Å². The van der Waals surface area contributed by atoms with E-state index in [9.17, 15) is 14.0 Å². The topological polar surface area (TPSA) is 66.4 Å². The number of halogens is 2. The van der Waals surface area contributed by atoms with E-state index in [2.05, 4.69) is 21.2 Å². The molecule has 4 nitrogen and oxygen atoms in total. The van der Waals surface area contributed by atoms with Crippen molar-refractivity contribution in [1.29, 1.82) is 0 Å². The molecule has 90 valence electrons. The monoisotopic (exact) mass is 301 g/mol. The first-order valence-electron chi connectivity index (χ1n) is 4.95. The summed E-state index contributed by atoms with van der Waals surface area (Å²) in [5, 5.41) is 11.3. The molecule has 0 aliphatic heterocycles. The number of hydrogen-bond acceptors (Lipinski definition) is 2. The van der Waals surface area contributed by atoms with Crippen molar-refractivity contribution in [3.05, 3.63) is 34.1 Å². The summed E-state index contributed by atoms with van der Waals surface area (Å²) in [7, 11) is 0. The minimum absolute atomic E-state index is 0.160. The van der Waals surface area contributed by atoms with Gasteiger partial charge in [-0.25, -0.2) is 9.18 Å². The summed E-state index contributed by atoms with van der Waals surface area (Å²) in [5.74, 6) is -2.46. The highest BCUT2D eigenvalue weighted by atomic mass is 79.9. The number of hydrogen-bond donors (Lipinski definition) is 2. The number of benzene rings is 1. The van der Waals surface area contributed by atoms with E-state index in [1.807, 2.05) is 0 Å². The molecule has 0 aromatic heterocycles. The summed E-state index contributed by atoms with van der Waals surface area (Å²) in [6, 6.07) is 3.94. The molecule has 0 spiro atoms. The molecule has 2 N–H and O–H groups in total. The lowest BCUT2D eigenvalue weighted by Gasteiger charge is -2.12. The minimum atomic E-state index is -1.20. The number of nitrogens with one attached hydrogen (secondary N) is 1. The van der Waals surface area contributed by atoms with Crippen LogP contribution in [0.25, 0.3) is 0 Å². The van der Waals surface area contributed by atoms with Gasteiger partial charge in [-0.15, -0.1) is 0 Å². The first kappa shape index (κ1) is 12.0. The Morgan fingerprint density at radius 1 is 1.41 bits per heavy atom. The lowest BCUT2D eigenvalue weighted by molar-refractivity contribution is -0.140. The molecule has 0 heterocycles. The van der Waals surface area contributed by atoms with Crippen molar-refractivity contribution in [3.8, 4) is 0 Å². The van der Waals surface area contributed by atoms with Crippen LogP contribution in [0.15, 0.2) is 22.7 Å². The van der Waals surface area contributed by atoms with Crippen molar-refractivity contribution >= 4 is 27.8 Å². The SMILES string of the molecule is O=C(NC1(C(=O)O)CC1)c1cc(Br)ccc1F. The number of rotatable bonds is 3. The van der Waals surface area contributed by atoms with Gasteiger partial charge in [0, 0.05) is 4.47 Å². The van der Waals surface area contributed by atoms with Gasteiger partial charge in [-0.1, -0.05) is 15.9 Å². The van der Waals surface area contributed by atoms with Gasteiger partial charge in [0.25, 0.3) is 5.91 Å². The van der Waals surface area contributed by atoms with Crippen LogP contribution in [0.5, 0.6) is 0 Å². The maximum atomic E-state index is 13.4. The molecule has 0 unspecified atom stereocenters. The molecule has 2 rings (SSSR count). The number of amides is 1. The van der Waals surface area contributed by atoms with E-state index in [1.165, 1.54) is 12.1 Å². The predicted octanol–water partition coefficient (Wildman–Crippen LogP) is 1.94. The van der Waals surface area contributed by atoms with Gasteiger partial charge in [0.2, 0.25) is 0 Å². The van der Waals surface area contributed by atoms with E-state index in [0.717, 1.165) is 6.07 Å². The summed E-state index contributed by atoms with van der Waals surface area (Å²) >= 11 is 3.13. The summed E-state index contributed by atoms with van der Waals surface area (Å²) in [5.41, 5.74) is -1.36. The zero-order chi connectivity index (χ0) is 12.6. The van der Waals surface area contributed by atoms with E-state index in [4.69, 9.17) is 5.11 Å². The molecule has 0 atom stereocenters. The summed E-state index contributed by atoms with van der Waals surface area (Å²) < 4.78 is 13.9. The normalized spacial score (nSPS) is 16.4. The summed E-state index contributed by atoms with van der Waals surface area (Å²) in [4.78, 5) is 22.6. The van der Waals surface area contributed by atoms with Gasteiger partial charge in [-0.2, -0.15) is 0 Å². The van der Waals surface area contributed by atoms with Crippen molar-refractivity contribution in [2.24, 2.45) is 0 Å². The molecule has 1 amide bonds. The van der Waals surface area contributed by atoms with E-state index >= 15 is 0 Å². The van der Waals surface area contributed by atoms with Gasteiger partial charge in [0.1, 0.15) is 11.4 Å². The van der Waals surface area contributed by atoms with Gasteiger partial charge >= 0.3 is 5.97 Å². The molecular formula is C11H9BrFNO3. The van der Waals surface area contributed by atoms with Gasteiger partial charge in [0.05, 0.1) is 5.56 Å². The van der Waals surface area contributed by atoms with E-state index < -0.39 is 23.2 Å². The van der Waals surface area contributed by atoms with Gasteiger partial charge in [-0.05, 0) is 31.0 Å². The molecular weight excluding hydrogens is 293 g/mol. The van der Waals surface area contributed by atoms with Crippen molar-refractivity contribution in [1.82, 2.24) is 5.32 Å². The van der Waals surface area contributed by atoms with Crippen molar-refractivity contribution in [2.75, 3.05) is 0 Å². The van der Waals surface area contributed by atoms with Crippen LogP contribution in [0, 0.1) is 5.82 Å². The molecule has 1 aromatic carbocycles. The Morgan fingerprint density at radius 3 is 2.59 bits per heavy atom. The van der Waals surface area contributed by atoms with Gasteiger partial charge < -0.3 is 10.4 Å². The third-order valence-electron chi connectivity index (χ3n) is 2.69. The largest absolute Gasteiger partial charge is 0.480 e. The van der Waals surface area contributed by atoms with E-state index in [-0.39, 0.29) is 5.56 Å². The highest BCUT2D eigenvalue weighted by Gasteiger charge is 2.51. The van der Waals surface area contributed by atoms with Crippen LogP contribution < -0.4 is 5.32 Å². The molecule has 0 radical (unpaired) electrons. The molecule has 0 saturated heterocycles. The van der Waals surface area contributed by atoms with Crippen LogP contribution in [0.3, 0.4) is 0 Å². The Bertz CT molecular complexity index is 499. The fraction of sp³-hybridized carbons (Fsp3) is 0.273. The standard InChI is InChI=1S/C11H9BrFNO3/c12-6-1-2-8(13)7(5-6)9(15)14-11(3-4-11)10(16)17/h1-2,5H,3-4H2,(H,14,15)(H,16,17). The fourth-order valence-electron chi connectivity index (χ4n) is 1.47. The molecule has 1 aliphatic rings. The second kappa shape index (κ2) is 4.10. The van der Waals surface area contributed by atoms with Crippen molar-refractivity contribution in [3.63, 3.8) is 0 Å². The van der Waals surface area contributed by atoms with E-state index in [1.54, 1.807) is 0 Å². The second-order valence-corrected chi connectivity index (χ2v) is 4.88. The van der Waals surface area contributed by atoms with Crippen LogP contribution >= 0.6 is 15.9 Å². The average molecular weight is 302 g/mol. The number of carbonyl (C=O) groups excluding carboxylic acids is 1. The quantitative estimate of drug-likeness (QED) is 0.896. The second-order valence-electron chi connectivity index (χ2n) is 3.97. The number of carboxylic acids is 1. The Kier molecular flexibility index (Phi) is 2.91. The molecule has 1 aliphatic carbocycles. The number of carboxylic acid groups (broad SMARTS) is 1. The van der Waals surface area contributed by atoms with Crippen LogP contribution in [-0.4, -0.2) is 22.5 Å². The lowest BCUT2D eigenvalue weighted by atomic mass is 10.1. The Labute approximate surface area is 105 Å². The predicted molar refractivity (Wildman–Crippen MR) is 61.2 cm³/mol. The Hall–Kier alpha value is -1.43. The van der Waals surface area contributed by atoms with Crippen LogP contribution in [0.2, 0.25) is 0 Å². The minimum Gasteiger partial charge on any atom is -0.480 e. The lowest BCUT2D eigenvalue weighted by Crippen LogP contribution is -2.43. The molecule has 17 heavy (non-hydrogen) atoms. The third kappa shape index (κ3) is 2.31. The van der Waals surface area contributed by atoms with Crippen molar-refractivity contribution < 1.29 is 19.1 Å². The fourth-order valence-corrected chi connectivity index (χ4v) is 1.83. The third-order valence-corrected chi connectivity index (χ3v) is 3.18. The highest BCUT2D eigenvalue weighted by Crippen LogP contribution is 2.36. The Balaban J connectivity index is 2.21. The maximum Gasteiger partial charge on any atom is 0.329 e. The van der Waals surface area contributed by atoms with Crippen LogP contribution in [0.4, 0.5) is 4.39 Å². The number of aliphatic carboxylic acids is 1. The molecule has 1 saturated carbocycles. The smallest absolute Gasteiger partial charge is 0.329 e. The molecule has 0 bridgehead atoms. The van der Waals surface area contributed by atoms with Crippen LogP contribution in [0.1, 0.15) is 23.2 Å². The zero-order valence-electron chi connectivity index (χ0n) is 8.67. The summed E-state index contributed by atoms with van der Waals surface area (Å²) in [6.07, 6.45) is 0.757. The first-order chi connectivity index (χ1) is 7.94. The van der Waals surface area contributed by atoms with Crippen LogP contribution in [-0.2, 0) is 4.79 Å². The summed E-state index contributed by atoms with van der Waals surface area (Å²) in [6.45, 7) is 0.